The van der Waals surface area contributed by atoms with Crippen LogP contribution in [0.25, 0.3) is 0 Å². The highest BCUT2D eigenvalue weighted by molar-refractivity contribution is 5.98. The summed E-state index contributed by atoms with van der Waals surface area (Å²) in [7, 11) is 2.88. The average Bonchev–Trinajstić information content (AvgIpc) is 2.86. The molecular weight excluding hydrogens is 308 g/mol. The first-order valence-electron chi connectivity index (χ1n) is 6.72. The van der Waals surface area contributed by atoms with E-state index in [1.807, 2.05) is 0 Å². The van der Waals surface area contributed by atoms with Crippen molar-refractivity contribution in [2.24, 2.45) is 0 Å². The zero-order chi connectivity index (χ0) is 16.6. The molecule has 2 aromatic carbocycles. The van der Waals surface area contributed by atoms with Crippen molar-refractivity contribution < 1.29 is 27.8 Å². The van der Waals surface area contributed by atoms with Gasteiger partial charge in [0.1, 0.15) is 5.56 Å². The minimum absolute atomic E-state index is 0.243. The van der Waals surface area contributed by atoms with Crippen LogP contribution in [0, 0.1) is 11.6 Å². The second kappa shape index (κ2) is 5.75. The normalized spacial score (nSPS) is 15.8. The van der Waals surface area contributed by atoms with E-state index >= 15 is 0 Å². The topological polar surface area (TPSA) is 56.8 Å². The maximum absolute atomic E-state index is 13.3. The Hall–Kier alpha value is -2.83. The summed E-state index contributed by atoms with van der Waals surface area (Å²) in [6.07, 6.45) is -0.831. The summed E-state index contributed by atoms with van der Waals surface area (Å²) in [5.74, 6) is -1.87. The van der Waals surface area contributed by atoms with Gasteiger partial charge in [0.25, 0.3) is 0 Å². The van der Waals surface area contributed by atoms with Gasteiger partial charge in [-0.05, 0) is 24.3 Å². The van der Waals surface area contributed by atoms with Crippen molar-refractivity contribution in [3.63, 3.8) is 0 Å². The van der Waals surface area contributed by atoms with Crippen molar-refractivity contribution in [3.05, 3.63) is 53.1 Å². The van der Waals surface area contributed by atoms with Gasteiger partial charge < -0.3 is 19.5 Å². The molecule has 120 valence electrons. The maximum atomic E-state index is 13.3. The highest BCUT2D eigenvalue weighted by Gasteiger charge is 2.35. The fraction of sp³-hybridized carbons (Fsp3) is 0.188. The highest BCUT2D eigenvalue weighted by atomic mass is 19.2. The summed E-state index contributed by atoms with van der Waals surface area (Å²) in [5, 5.41) is 2.84. The molecule has 0 radical (unpaired) electrons. The standard InChI is InChI=1S/C16H13F2NO4/c1-21-12-6-4-9-13(14(12)22-2)16(20)23-15(9)19-8-3-5-10(17)11(18)7-8/h3-7,15,19H,1-2H3/t15-/m1/s1. The van der Waals surface area contributed by atoms with Gasteiger partial charge in [-0.25, -0.2) is 13.6 Å². The predicted octanol–water partition coefficient (Wildman–Crippen LogP) is 3.26. The Bertz CT molecular complexity index is 779. The summed E-state index contributed by atoms with van der Waals surface area (Å²) >= 11 is 0. The van der Waals surface area contributed by atoms with Crippen LogP contribution >= 0.6 is 0 Å². The van der Waals surface area contributed by atoms with Crippen LogP contribution in [-0.2, 0) is 4.74 Å². The number of methoxy groups -OCH3 is 2. The van der Waals surface area contributed by atoms with Gasteiger partial charge in [0.15, 0.2) is 23.1 Å². The van der Waals surface area contributed by atoms with E-state index in [1.54, 1.807) is 12.1 Å². The number of halogens is 2. The van der Waals surface area contributed by atoms with Gasteiger partial charge in [0.05, 0.1) is 14.2 Å². The summed E-state index contributed by atoms with van der Waals surface area (Å²) in [6.45, 7) is 0. The lowest BCUT2D eigenvalue weighted by Gasteiger charge is -2.15. The molecule has 3 rings (SSSR count). The van der Waals surface area contributed by atoms with Crippen LogP contribution in [0.4, 0.5) is 14.5 Å². The molecule has 1 atom stereocenters. The lowest BCUT2D eigenvalue weighted by atomic mass is 10.1. The second-order valence-corrected chi connectivity index (χ2v) is 4.82. The number of rotatable bonds is 4. The summed E-state index contributed by atoms with van der Waals surface area (Å²) < 4.78 is 41.9. The van der Waals surface area contributed by atoms with E-state index in [1.165, 1.54) is 20.3 Å². The van der Waals surface area contributed by atoms with Crippen molar-refractivity contribution in [1.82, 2.24) is 0 Å². The zero-order valence-corrected chi connectivity index (χ0v) is 12.4. The van der Waals surface area contributed by atoms with E-state index in [9.17, 15) is 13.6 Å². The fourth-order valence-electron chi connectivity index (χ4n) is 2.45. The van der Waals surface area contributed by atoms with Crippen LogP contribution in [0.5, 0.6) is 11.5 Å². The third-order valence-electron chi connectivity index (χ3n) is 3.51. The molecule has 23 heavy (non-hydrogen) atoms. The van der Waals surface area contributed by atoms with Gasteiger partial charge in [0.2, 0.25) is 6.23 Å². The smallest absolute Gasteiger partial charge is 0.344 e. The second-order valence-electron chi connectivity index (χ2n) is 4.82. The van der Waals surface area contributed by atoms with Crippen LogP contribution < -0.4 is 14.8 Å². The minimum Gasteiger partial charge on any atom is -0.493 e. The zero-order valence-electron chi connectivity index (χ0n) is 12.4. The number of hydrogen-bond donors (Lipinski definition) is 1. The lowest BCUT2D eigenvalue weighted by molar-refractivity contribution is 0.0435. The van der Waals surface area contributed by atoms with E-state index in [4.69, 9.17) is 14.2 Å². The molecule has 0 saturated carbocycles. The van der Waals surface area contributed by atoms with Gasteiger partial charge in [-0.3, -0.25) is 0 Å². The molecule has 0 saturated heterocycles. The Balaban J connectivity index is 1.97. The molecule has 0 aliphatic carbocycles. The Morgan fingerprint density at radius 2 is 1.87 bits per heavy atom. The molecule has 0 bridgehead atoms. The molecular formula is C16H13F2NO4. The number of anilines is 1. The number of ether oxygens (including phenoxy) is 3. The first kappa shape index (κ1) is 15.1. The van der Waals surface area contributed by atoms with Gasteiger partial charge in [-0.2, -0.15) is 0 Å². The first-order chi connectivity index (χ1) is 11.0. The Kier molecular flexibility index (Phi) is 3.77. The van der Waals surface area contributed by atoms with Gasteiger partial charge in [-0.15, -0.1) is 0 Å². The van der Waals surface area contributed by atoms with Crippen LogP contribution in [0.1, 0.15) is 22.1 Å². The quantitative estimate of drug-likeness (QED) is 0.876. The van der Waals surface area contributed by atoms with Crippen molar-refractivity contribution in [2.45, 2.75) is 6.23 Å². The predicted molar refractivity (Wildman–Crippen MR) is 77.7 cm³/mol. The molecule has 0 amide bonds. The minimum atomic E-state index is -0.994. The van der Waals surface area contributed by atoms with Crippen LogP contribution in [0.3, 0.4) is 0 Å². The molecule has 2 aromatic rings. The maximum Gasteiger partial charge on any atom is 0.344 e. The van der Waals surface area contributed by atoms with E-state index in [2.05, 4.69) is 5.32 Å². The molecule has 0 aromatic heterocycles. The van der Waals surface area contributed by atoms with Crippen molar-refractivity contribution >= 4 is 11.7 Å². The monoisotopic (exact) mass is 321 g/mol. The SMILES string of the molecule is COc1ccc2c(c1OC)C(=O)O[C@H]2Nc1ccc(F)c(F)c1. The van der Waals surface area contributed by atoms with Crippen molar-refractivity contribution in [3.8, 4) is 11.5 Å². The third-order valence-corrected chi connectivity index (χ3v) is 3.51. The van der Waals surface area contributed by atoms with Crippen LogP contribution in [0.15, 0.2) is 30.3 Å². The van der Waals surface area contributed by atoms with E-state index in [0.29, 0.717) is 11.3 Å². The number of nitrogens with one attached hydrogen (secondary N) is 1. The van der Waals surface area contributed by atoms with Crippen LogP contribution in [0.2, 0.25) is 0 Å². The molecule has 0 unspecified atom stereocenters. The third kappa shape index (κ3) is 2.54. The first-order valence-corrected chi connectivity index (χ1v) is 6.72. The van der Waals surface area contributed by atoms with E-state index in [0.717, 1.165) is 12.1 Å². The Morgan fingerprint density at radius 3 is 2.52 bits per heavy atom. The molecule has 7 heteroatoms. The molecule has 1 aliphatic rings. The Morgan fingerprint density at radius 1 is 1.09 bits per heavy atom. The highest BCUT2D eigenvalue weighted by Crippen LogP contribution is 2.42. The molecule has 0 fully saturated rings. The average molecular weight is 321 g/mol. The van der Waals surface area contributed by atoms with E-state index < -0.39 is 23.8 Å². The number of benzene rings is 2. The Labute approximate surface area is 130 Å². The molecule has 1 N–H and O–H groups in total. The largest absolute Gasteiger partial charge is 0.493 e. The number of carbonyl (C=O) groups excluding carboxylic acids is 1. The fourth-order valence-corrected chi connectivity index (χ4v) is 2.45. The lowest BCUT2D eigenvalue weighted by Crippen LogP contribution is -2.10. The van der Waals surface area contributed by atoms with Crippen molar-refractivity contribution in [2.75, 3.05) is 19.5 Å². The number of carbonyl (C=O) groups is 1. The van der Waals surface area contributed by atoms with Gasteiger partial charge in [0, 0.05) is 17.3 Å². The number of hydrogen-bond acceptors (Lipinski definition) is 5. The van der Waals surface area contributed by atoms with Crippen molar-refractivity contribution in [1.29, 1.82) is 0 Å². The molecule has 5 nitrogen and oxygen atoms in total. The summed E-state index contributed by atoms with van der Waals surface area (Å²) in [6, 6.07) is 6.62. The molecule has 1 heterocycles. The number of cyclic esters (lactones) is 1. The molecule has 0 spiro atoms. The van der Waals surface area contributed by atoms with E-state index in [-0.39, 0.29) is 17.0 Å². The van der Waals surface area contributed by atoms with Gasteiger partial charge >= 0.3 is 5.97 Å². The summed E-state index contributed by atoms with van der Waals surface area (Å²) in [4.78, 5) is 12.1. The number of esters is 1. The molecule has 1 aliphatic heterocycles. The summed E-state index contributed by atoms with van der Waals surface area (Å²) in [5.41, 5.74) is 1.05. The number of fused-ring (bicyclic) bond motifs is 1. The van der Waals surface area contributed by atoms with Gasteiger partial charge in [-0.1, -0.05) is 0 Å². The van der Waals surface area contributed by atoms with Crippen LogP contribution in [-0.4, -0.2) is 20.2 Å².